The van der Waals surface area contributed by atoms with Crippen molar-refractivity contribution in [3.8, 4) is 0 Å². The molecule has 1 aromatic rings. The predicted molar refractivity (Wildman–Crippen MR) is 60.5 cm³/mol. The quantitative estimate of drug-likeness (QED) is 0.599. The maximum absolute atomic E-state index is 11.2. The van der Waals surface area contributed by atoms with Gasteiger partial charge < -0.3 is 0 Å². The predicted octanol–water partition coefficient (Wildman–Crippen LogP) is 1.10. The highest BCUT2D eigenvalue weighted by Gasteiger charge is 2.08. The first-order chi connectivity index (χ1) is 6.94. The van der Waals surface area contributed by atoms with E-state index in [2.05, 4.69) is 13.8 Å². The summed E-state index contributed by atoms with van der Waals surface area (Å²) in [4.78, 5) is 1.80. The van der Waals surface area contributed by atoms with Crippen LogP contribution in [0.5, 0.6) is 0 Å². The Morgan fingerprint density at radius 1 is 1.27 bits per heavy atom. The fourth-order valence-electron chi connectivity index (χ4n) is 1.26. The van der Waals surface area contributed by atoms with Crippen molar-refractivity contribution in [3.63, 3.8) is 0 Å². The topological polar surface area (TPSA) is 72.2 Å². The number of hydrogen-bond acceptors (Lipinski definition) is 3. The average Bonchev–Trinajstić information content (AvgIpc) is 2.18. The van der Waals surface area contributed by atoms with Crippen LogP contribution in [0.2, 0.25) is 0 Å². The Balaban J connectivity index is 2.82. The molecule has 15 heavy (non-hydrogen) atoms. The van der Waals surface area contributed by atoms with Crippen molar-refractivity contribution in [1.82, 2.24) is 4.83 Å². The minimum atomic E-state index is -3.38. The summed E-state index contributed by atoms with van der Waals surface area (Å²) in [6, 6.07) is 7.49. The lowest BCUT2D eigenvalue weighted by molar-refractivity contribution is 0.583. The number of rotatable bonds is 4. The van der Waals surface area contributed by atoms with Gasteiger partial charge >= 0.3 is 0 Å². The Morgan fingerprint density at radius 2 is 1.80 bits per heavy atom. The summed E-state index contributed by atoms with van der Waals surface area (Å²) >= 11 is 0. The van der Waals surface area contributed by atoms with Crippen LogP contribution >= 0.6 is 0 Å². The number of nitrogens with one attached hydrogen (secondary N) is 1. The monoisotopic (exact) mass is 228 g/mol. The zero-order valence-corrected chi connectivity index (χ0v) is 9.71. The zero-order chi connectivity index (χ0) is 11.5. The maximum Gasteiger partial charge on any atom is 0.228 e. The molecule has 0 aliphatic heterocycles. The van der Waals surface area contributed by atoms with Gasteiger partial charge in [0.05, 0.1) is 5.75 Å². The standard InChI is InChI=1S/C10H16N2O2S/c1-8(2)10-5-3-9(4-6-10)7-15(13,14)12-11/h3-6,8,12H,7,11H2,1-2H3. The molecule has 0 saturated carbocycles. The Labute approximate surface area is 90.5 Å². The molecule has 0 heterocycles. The van der Waals surface area contributed by atoms with E-state index in [0.717, 1.165) is 5.56 Å². The normalized spacial score (nSPS) is 12.0. The molecule has 1 aromatic carbocycles. The average molecular weight is 228 g/mol. The van der Waals surface area contributed by atoms with Gasteiger partial charge in [0.15, 0.2) is 0 Å². The molecular formula is C10H16N2O2S. The van der Waals surface area contributed by atoms with Gasteiger partial charge in [-0.25, -0.2) is 8.42 Å². The Hall–Kier alpha value is -0.910. The lowest BCUT2D eigenvalue weighted by Gasteiger charge is -2.06. The van der Waals surface area contributed by atoms with E-state index in [1.807, 2.05) is 24.3 Å². The second kappa shape index (κ2) is 4.74. The molecule has 0 saturated heterocycles. The molecule has 0 atom stereocenters. The first-order valence-corrected chi connectivity index (χ1v) is 6.39. The van der Waals surface area contributed by atoms with Crippen LogP contribution < -0.4 is 10.7 Å². The summed E-state index contributed by atoms with van der Waals surface area (Å²) < 4.78 is 22.3. The molecule has 5 heteroatoms. The summed E-state index contributed by atoms with van der Waals surface area (Å²) in [7, 11) is -3.38. The lowest BCUT2D eigenvalue weighted by Crippen LogP contribution is -2.31. The summed E-state index contributed by atoms with van der Waals surface area (Å²) in [5.41, 5.74) is 1.93. The van der Waals surface area contributed by atoms with Crippen LogP contribution in [0.25, 0.3) is 0 Å². The van der Waals surface area contributed by atoms with Crippen molar-refractivity contribution in [2.24, 2.45) is 5.84 Å². The molecule has 0 unspecified atom stereocenters. The first kappa shape index (κ1) is 12.2. The SMILES string of the molecule is CC(C)c1ccc(CS(=O)(=O)NN)cc1. The van der Waals surface area contributed by atoms with Gasteiger partial charge in [-0.2, -0.15) is 4.83 Å². The molecule has 84 valence electrons. The van der Waals surface area contributed by atoms with E-state index in [1.54, 1.807) is 4.83 Å². The fraction of sp³-hybridized carbons (Fsp3) is 0.400. The number of hydrogen-bond donors (Lipinski definition) is 2. The van der Waals surface area contributed by atoms with Gasteiger partial charge in [-0.05, 0) is 17.0 Å². The van der Waals surface area contributed by atoms with E-state index in [-0.39, 0.29) is 5.75 Å². The van der Waals surface area contributed by atoms with Crippen molar-refractivity contribution < 1.29 is 8.42 Å². The Kier molecular flexibility index (Phi) is 3.84. The lowest BCUT2D eigenvalue weighted by atomic mass is 10.0. The van der Waals surface area contributed by atoms with Gasteiger partial charge in [-0.3, -0.25) is 5.84 Å². The molecule has 0 fully saturated rings. The number of benzene rings is 1. The summed E-state index contributed by atoms with van der Waals surface area (Å²) in [5.74, 6) is 5.26. The van der Waals surface area contributed by atoms with E-state index < -0.39 is 10.0 Å². The van der Waals surface area contributed by atoms with Crippen LogP contribution in [0.15, 0.2) is 24.3 Å². The molecule has 0 aliphatic carbocycles. The molecule has 0 spiro atoms. The van der Waals surface area contributed by atoms with Crippen molar-refractivity contribution in [1.29, 1.82) is 0 Å². The maximum atomic E-state index is 11.2. The molecular weight excluding hydrogens is 212 g/mol. The van der Waals surface area contributed by atoms with Crippen molar-refractivity contribution in [2.45, 2.75) is 25.5 Å². The highest BCUT2D eigenvalue weighted by atomic mass is 32.2. The van der Waals surface area contributed by atoms with Gasteiger partial charge in [-0.1, -0.05) is 38.1 Å². The molecule has 1 rings (SSSR count). The molecule has 0 amide bonds. The minimum absolute atomic E-state index is 0.0815. The van der Waals surface area contributed by atoms with Crippen LogP contribution in [0.3, 0.4) is 0 Å². The largest absolute Gasteiger partial charge is 0.258 e. The van der Waals surface area contributed by atoms with Crippen molar-refractivity contribution in [2.75, 3.05) is 0 Å². The molecule has 4 nitrogen and oxygen atoms in total. The minimum Gasteiger partial charge on any atom is -0.258 e. The smallest absolute Gasteiger partial charge is 0.228 e. The van der Waals surface area contributed by atoms with Crippen LogP contribution in [0, 0.1) is 0 Å². The highest BCUT2D eigenvalue weighted by Crippen LogP contribution is 2.15. The van der Waals surface area contributed by atoms with E-state index in [9.17, 15) is 8.42 Å². The second-order valence-corrected chi connectivity index (χ2v) is 5.53. The highest BCUT2D eigenvalue weighted by molar-refractivity contribution is 7.88. The number of nitrogens with two attached hydrogens (primary N) is 1. The Bertz CT molecular complexity index is 410. The molecule has 0 bridgehead atoms. The van der Waals surface area contributed by atoms with E-state index in [1.165, 1.54) is 5.56 Å². The van der Waals surface area contributed by atoms with E-state index in [0.29, 0.717) is 5.92 Å². The van der Waals surface area contributed by atoms with Crippen LogP contribution in [0.4, 0.5) is 0 Å². The first-order valence-electron chi connectivity index (χ1n) is 4.73. The van der Waals surface area contributed by atoms with Gasteiger partial charge in [0.25, 0.3) is 0 Å². The fourth-order valence-corrected chi connectivity index (χ4v) is 1.97. The van der Waals surface area contributed by atoms with Crippen LogP contribution in [-0.2, 0) is 15.8 Å². The third-order valence-corrected chi connectivity index (χ3v) is 3.26. The van der Waals surface area contributed by atoms with Crippen LogP contribution in [-0.4, -0.2) is 8.42 Å². The van der Waals surface area contributed by atoms with Gasteiger partial charge in [0.2, 0.25) is 10.0 Å². The molecule has 0 aromatic heterocycles. The summed E-state index contributed by atoms with van der Waals surface area (Å²) in [5, 5.41) is 0. The van der Waals surface area contributed by atoms with Gasteiger partial charge in [0, 0.05) is 0 Å². The van der Waals surface area contributed by atoms with E-state index in [4.69, 9.17) is 5.84 Å². The van der Waals surface area contributed by atoms with Crippen LogP contribution in [0.1, 0.15) is 30.9 Å². The number of hydrazine groups is 1. The van der Waals surface area contributed by atoms with E-state index >= 15 is 0 Å². The second-order valence-electron chi connectivity index (χ2n) is 3.77. The molecule has 0 aliphatic rings. The van der Waals surface area contributed by atoms with Crippen molar-refractivity contribution >= 4 is 10.0 Å². The summed E-state index contributed by atoms with van der Waals surface area (Å²) in [6.45, 7) is 4.18. The van der Waals surface area contributed by atoms with Crippen molar-refractivity contribution in [3.05, 3.63) is 35.4 Å². The zero-order valence-electron chi connectivity index (χ0n) is 8.90. The Morgan fingerprint density at radius 3 is 2.20 bits per heavy atom. The third-order valence-electron chi connectivity index (χ3n) is 2.18. The van der Waals surface area contributed by atoms with Gasteiger partial charge in [0.1, 0.15) is 0 Å². The number of sulfonamides is 1. The third kappa shape index (κ3) is 3.62. The summed E-state index contributed by atoms with van der Waals surface area (Å²) in [6.07, 6.45) is 0. The molecule has 0 radical (unpaired) electrons. The molecule has 3 N–H and O–H groups in total. The van der Waals surface area contributed by atoms with Gasteiger partial charge in [-0.15, -0.1) is 0 Å².